The number of hydrogen-bond donors (Lipinski definition) is 1. The number of ether oxygens (including phenoxy) is 2. The zero-order valence-electron chi connectivity index (χ0n) is 11.8. The fourth-order valence-electron chi connectivity index (χ4n) is 2.77. The summed E-state index contributed by atoms with van der Waals surface area (Å²) in [5, 5.41) is 4.17. The predicted octanol–water partition coefficient (Wildman–Crippen LogP) is 3.57. The van der Waals surface area contributed by atoms with Crippen LogP contribution in [0.1, 0.15) is 38.3 Å². The third-order valence-electron chi connectivity index (χ3n) is 3.78. The van der Waals surface area contributed by atoms with Gasteiger partial charge in [-0.15, -0.1) is 0 Å². The third kappa shape index (κ3) is 3.04. The molecule has 1 aromatic carbocycles. The van der Waals surface area contributed by atoms with Gasteiger partial charge in [-0.05, 0) is 44.0 Å². The quantitative estimate of drug-likeness (QED) is 0.896. The maximum Gasteiger partial charge on any atom is 0.137 e. The molecule has 2 unspecified atom stereocenters. The van der Waals surface area contributed by atoms with Crippen molar-refractivity contribution in [3.8, 4) is 5.75 Å². The zero-order chi connectivity index (χ0) is 13.9. The van der Waals surface area contributed by atoms with Gasteiger partial charge in [-0.1, -0.05) is 24.6 Å². The minimum atomic E-state index is -0.158. The Morgan fingerprint density at radius 3 is 2.89 bits per heavy atom. The van der Waals surface area contributed by atoms with Gasteiger partial charge >= 0.3 is 0 Å². The van der Waals surface area contributed by atoms with Gasteiger partial charge in [-0.3, -0.25) is 0 Å². The minimum absolute atomic E-state index is 0.158. The Morgan fingerprint density at radius 2 is 2.32 bits per heavy atom. The standard InChI is InChI=1S/C15H22ClNO2/c1-4-17-14(15(2)8-5-9-19-15)11-6-7-12(16)13(10-11)18-3/h6-7,10,14,17H,4-5,8-9H2,1-3H3. The molecule has 2 rings (SSSR count). The Hall–Kier alpha value is -0.770. The van der Waals surface area contributed by atoms with Crippen LogP contribution in [0.2, 0.25) is 5.02 Å². The van der Waals surface area contributed by atoms with Gasteiger partial charge in [0.1, 0.15) is 5.75 Å². The van der Waals surface area contributed by atoms with E-state index in [9.17, 15) is 0 Å². The summed E-state index contributed by atoms with van der Waals surface area (Å²) in [7, 11) is 1.64. The highest BCUT2D eigenvalue weighted by Gasteiger charge is 2.39. The van der Waals surface area contributed by atoms with Gasteiger partial charge in [0.05, 0.1) is 23.8 Å². The minimum Gasteiger partial charge on any atom is -0.495 e. The molecule has 106 valence electrons. The number of likely N-dealkylation sites (N-methyl/N-ethyl adjacent to an activating group) is 1. The van der Waals surface area contributed by atoms with E-state index in [-0.39, 0.29) is 11.6 Å². The second-order valence-corrected chi connectivity index (χ2v) is 5.56. The zero-order valence-corrected chi connectivity index (χ0v) is 12.6. The molecule has 1 N–H and O–H groups in total. The van der Waals surface area contributed by atoms with E-state index in [4.69, 9.17) is 21.1 Å². The molecule has 1 fully saturated rings. The number of methoxy groups -OCH3 is 1. The van der Waals surface area contributed by atoms with E-state index in [0.29, 0.717) is 10.8 Å². The average molecular weight is 284 g/mol. The lowest BCUT2D eigenvalue weighted by Gasteiger charge is -2.34. The molecule has 19 heavy (non-hydrogen) atoms. The van der Waals surface area contributed by atoms with E-state index in [1.807, 2.05) is 18.2 Å². The van der Waals surface area contributed by atoms with Crippen molar-refractivity contribution in [2.75, 3.05) is 20.3 Å². The summed E-state index contributed by atoms with van der Waals surface area (Å²) in [4.78, 5) is 0. The summed E-state index contributed by atoms with van der Waals surface area (Å²) in [6.07, 6.45) is 2.18. The van der Waals surface area contributed by atoms with Crippen LogP contribution >= 0.6 is 11.6 Å². The van der Waals surface area contributed by atoms with E-state index >= 15 is 0 Å². The molecule has 2 atom stereocenters. The topological polar surface area (TPSA) is 30.5 Å². The van der Waals surface area contributed by atoms with E-state index in [2.05, 4.69) is 19.2 Å². The van der Waals surface area contributed by atoms with Crippen LogP contribution in [0.3, 0.4) is 0 Å². The number of benzene rings is 1. The molecule has 1 aliphatic rings. The van der Waals surface area contributed by atoms with Gasteiger partial charge in [0.15, 0.2) is 0 Å². The predicted molar refractivity (Wildman–Crippen MR) is 78.0 cm³/mol. The highest BCUT2D eigenvalue weighted by atomic mass is 35.5. The van der Waals surface area contributed by atoms with Crippen molar-refractivity contribution in [3.05, 3.63) is 28.8 Å². The summed E-state index contributed by atoms with van der Waals surface area (Å²) in [5.74, 6) is 0.712. The normalized spacial score (nSPS) is 24.4. The number of hydrogen-bond acceptors (Lipinski definition) is 3. The number of nitrogens with one attached hydrogen (secondary N) is 1. The second kappa shape index (κ2) is 6.12. The lowest BCUT2D eigenvalue weighted by molar-refractivity contribution is -0.0121. The molecule has 3 nitrogen and oxygen atoms in total. The van der Waals surface area contributed by atoms with Crippen LogP contribution in [0.15, 0.2) is 18.2 Å². The molecular formula is C15H22ClNO2. The molecule has 1 saturated heterocycles. The smallest absolute Gasteiger partial charge is 0.137 e. The van der Waals surface area contributed by atoms with Crippen molar-refractivity contribution in [1.82, 2.24) is 5.32 Å². The van der Waals surface area contributed by atoms with Gasteiger partial charge in [0, 0.05) is 6.61 Å². The molecule has 0 amide bonds. The molecule has 4 heteroatoms. The third-order valence-corrected chi connectivity index (χ3v) is 4.09. The van der Waals surface area contributed by atoms with Crippen molar-refractivity contribution >= 4 is 11.6 Å². The van der Waals surface area contributed by atoms with Gasteiger partial charge in [-0.25, -0.2) is 0 Å². The van der Waals surface area contributed by atoms with Crippen LogP contribution in [-0.4, -0.2) is 25.9 Å². The Balaban J connectivity index is 2.33. The molecule has 0 aromatic heterocycles. The monoisotopic (exact) mass is 283 g/mol. The molecule has 1 aromatic rings. The molecule has 0 aliphatic carbocycles. The Kier molecular flexibility index (Phi) is 4.71. The molecule has 1 aliphatic heterocycles. The summed E-state index contributed by atoms with van der Waals surface area (Å²) in [5.41, 5.74) is 1.00. The van der Waals surface area contributed by atoms with E-state index in [1.54, 1.807) is 7.11 Å². The molecular weight excluding hydrogens is 262 g/mol. The van der Waals surface area contributed by atoms with E-state index in [1.165, 1.54) is 0 Å². The molecule has 0 saturated carbocycles. The van der Waals surface area contributed by atoms with E-state index in [0.717, 1.165) is 31.6 Å². The first-order valence-electron chi connectivity index (χ1n) is 6.81. The number of halogens is 1. The van der Waals surface area contributed by atoms with Crippen LogP contribution in [-0.2, 0) is 4.74 Å². The van der Waals surface area contributed by atoms with Crippen LogP contribution in [0.25, 0.3) is 0 Å². The van der Waals surface area contributed by atoms with Crippen LogP contribution in [0.5, 0.6) is 5.75 Å². The lowest BCUT2D eigenvalue weighted by atomic mass is 9.87. The second-order valence-electron chi connectivity index (χ2n) is 5.15. The average Bonchev–Trinajstić information content (AvgIpc) is 2.85. The first-order valence-corrected chi connectivity index (χ1v) is 7.19. The molecule has 0 radical (unpaired) electrons. The van der Waals surface area contributed by atoms with Gasteiger partial charge < -0.3 is 14.8 Å². The fraction of sp³-hybridized carbons (Fsp3) is 0.600. The Bertz CT molecular complexity index is 430. The first kappa shape index (κ1) is 14.6. The van der Waals surface area contributed by atoms with Gasteiger partial charge in [0.2, 0.25) is 0 Å². The van der Waals surface area contributed by atoms with Crippen LogP contribution < -0.4 is 10.1 Å². The summed E-state index contributed by atoms with van der Waals surface area (Å²) >= 11 is 6.10. The van der Waals surface area contributed by atoms with Crippen molar-refractivity contribution in [1.29, 1.82) is 0 Å². The summed E-state index contributed by atoms with van der Waals surface area (Å²) in [6, 6.07) is 6.10. The fourth-order valence-corrected chi connectivity index (χ4v) is 2.97. The van der Waals surface area contributed by atoms with Gasteiger partial charge in [0.25, 0.3) is 0 Å². The SMILES string of the molecule is CCNC(c1ccc(Cl)c(OC)c1)C1(C)CCCO1. The largest absolute Gasteiger partial charge is 0.495 e. The van der Waals surface area contributed by atoms with Gasteiger partial charge in [-0.2, -0.15) is 0 Å². The molecule has 1 heterocycles. The highest BCUT2D eigenvalue weighted by molar-refractivity contribution is 6.32. The maximum absolute atomic E-state index is 6.10. The first-order chi connectivity index (χ1) is 9.10. The highest BCUT2D eigenvalue weighted by Crippen LogP contribution is 2.39. The van der Waals surface area contributed by atoms with Crippen molar-refractivity contribution in [3.63, 3.8) is 0 Å². The van der Waals surface area contributed by atoms with Crippen molar-refractivity contribution in [2.24, 2.45) is 0 Å². The molecule has 0 spiro atoms. The van der Waals surface area contributed by atoms with Crippen LogP contribution in [0.4, 0.5) is 0 Å². The Morgan fingerprint density at radius 1 is 1.53 bits per heavy atom. The summed E-state index contributed by atoms with van der Waals surface area (Å²) < 4.78 is 11.3. The summed E-state index contributed by atoms with van der Waals surface area (Å²) in [6.45, 7) is 6.02. The molecule has 0 bridgehead atoms. The van der Waals surface area contributed by atoms with Crippen LogP contribution in [0, 0.1) is 0 Å². The lowest BCUT2D eigenvalue weighted by Crippen LogP contribution is -2.41. The Labute approximate surface area is 120 Å². The number of rotatable bonds is 5. The van der Waals surface area contributed by atoms with Crippen molar-refractivity contribution < 1.29 is 9.47 Å². The maximum atomic E-state index is 6.10. The van der Waals surface area contributed by atoms with E-state index < -0.39 is 0 Å². The van der Waals surface area contributed by atoms with Crippen molar-refractivity contribution in [2.45, 2.75) is 38.3 Å².